The molecule has 0 amide bonds. The first-order chi connectivity index (χ1) is 12.2. The number of aryl methyl sites for hydroxylation is 2. The molecule has 2 heterocycles. The van der Waals surface area contributed by atoms with Crippen LogP contribution in [0.3, 0.4) is 0 Å². The monoisotopic (exact) mass is 355 g/mol. The van der Waals surface area contributed by atoms with Gasteiger partial charge in [0.15, 0.2) is 11.8 Å². The summed E-state index contributed by atoms with van der Waals surface area (Å²) < 4.78 is 1.96. The zero-order valence-corrected chi connectivity index (χ0v) is 15.3. The Morgan fingerprint density at radius 1 is 1.16 bits per heavy atom. The number of nitrogens with one attached hydrogen (secondary N) is 2. The lowest BCUT2D eigenvalue weighted by molar-refractivity contribution is 0.755. The van der Waals surface area contributed by atoms with Crippen molar-refractivity contribution in [1.82, 2.24) is 30.4 Å². The minimum Gasteiger partial charge on any atom is -0.351 e. The van der Waals surface area contributed by atoms with E-state index in [1.54, 1.807) is 24.7 Å². The molecule has 0 unspecified atom stereocenters. The predicted octanol–water partition coefficient (Wildman–Crippen LogP) is 2.21. The SMILES string of the molecule is CN=C(NCc1sc(C)nc1C)NCc1nncn1-c1ccccc1. The van der Waals surface area contributed by atoms with Gasteiger partial charge in [0, 0.05) is 17.6 Å². The molecule has 8 heteroatoms. The van der Waals surface area contributed by atoms with Gasteiger partial charge in [0.2, 0.25) is 0 Å². The van der Waals surface area contributed by atoms with Crippen molar-refractivity contribution in [1.29, 1.82) is 0 Å². The van der Waals surface area contributed by atoms with Crippen molar-refractivity contribution in [2.75, 3.05) is 7.05 Å². The van der Waals surface area contributed by atoms with E-state index in [-0.39, 0.29) is 0 Å². The number of rotatable bonds is 5. The van der Waals surface area contributed by atoms with E-state index in [0.29, 0.717) is 19.0 Å². The Balaban J connectivity index is 1.61. The molecular weight excluding hydrogens is 334 g/mol. The van der Waals surface area contributed by atoms with Crippen LogP contribution in [0.5, 0.6) is 0 Å². The molecular formula is C17H21N7S. The number of nitrogens with zero attached hydrogens (tertiary/aromatic N) is 5. The van der Waals surface area contributed by atoms with Crippen molar-refractivity contribution < 1.29 is 0 Å². The van der Waals surface area contributed by atoms with E-state index in [1.807, 2.05) is 48.7 Å². The fourth-order valence-electron chi connectivity index (χ4n) is 2.47. The molecule has 25 heavy (non-hydrogen) atoms. The largest absolute Gasteiger partial charge is 0.351 e. The van der Waals surface area contributed by atoms with E-state index >= 15 is 0 Å². The first-order valence-corrected chi connectivity index (χ1v) is 8.80. The number of para-hydroxylation sites is 1. The molecule has 2 aromatic heterocycles. The predicted molar refractivity (Wildman–Crippen MR) is 100.0 cm³/mol. The highest BCUT2D eigenvalue weighted by Gasteiger charge is 2.09. The van der Waals surface area contributed by atoms with Crippen LogP contribution in [0.2, 0.25) is 0 Å². The van der Waals surface area contributed by atoms with Crippen LogP contribution in [0, 0.1) is 13.8 Å². The maximum atomic E-state index is 4.44. The van der Waals surface area contributed by atoms with Crippen molar-refractivity contribution in [2.45, 2.75) is 26.9 Å². The number of benzene rings is 1. The van der Waals surface area contributed by atoms with Gasteiger partial charge in [-0.25, -0.2) is 4.98 Å². The number of hydrogen-bond acceptors (Lipinski definition) is 5. The molecule has 0 aliphatic rings. The highest BCUT2D eigenvalue weighted by atomic mass is 32.1. The Morgan fingerprint density at radius 3 is 2.60 bits per heavy atom. The highest BCUT2D eigenvalue weighted by molar-refractivity contribution is 7.11. The van der Waals surface area contributed by atoms with Crippen LogP contribution in [0.25, 0.3) is 5.69 Å². The summed E-state index contributed by atoms with van der Waals surface area (Å²) in [6.45, 7) is 5.27. The van der Waals surface area contributed by atoms with Crippen LogP contribution in [0.4, 0.5) is 0 Å². The average molecular weight is 355 g/mol. The van der Waals surface area contributed by atoms with E-state index in [9.17, 15) is 0 Å². The van der Waals surface area contributed by atoms with E-state index in [2.05, 4.69) is 30.8 Å². The summed E-state index contributed by atoms with van der Waals surface area (Å²) in [5.41, 5.74) is 2.09. The molecule has 0 aliphatic carbocycles. The van der Waals surface area contributed by atoms with Crippen molar-refractivity contribution in [3.05, 3.63) is 58.1 Å². The molecule has 130 valence electrons. The molecule has 0 bridgehead atoms. The Labute approximate surface area is 150 Å². The second-order valence-electron chi connectivity index (χ2n) is 5.47. The van der Waals surface area contributed by atoms with Crippen LogP contribution < -0.4 is 10.6 Å². The third kappa shape index (κ3) is 4.21. The van der Waals surface area contributed by atoms with Crippen LogP contribution in [-0.4, -0.2) is 32.8 Å². The summed E-state index contributed by atoms with van der Waals surface area (Å²) in [4.78, 5) is 9.92. The van der Waals surface area contributed by atoms with Gasteiger partial charge in [-0.1, -0.05) is 18.2 Å². The van der Waals surface area contributed by atoms with E-state index in [1.165, 1.54) is 4.88 Å². The summed E-state index contributed by atoms with van der Waals surface area (Å²) in [6, 6.07) is 10.0. The molecule has 0 spiro atoms. The first kappa shape index (κ1) is 17.1. The molecule has 0 atom stereocenters. The van der Waals surface area contributed by atoms with Gasteiger partial charge >= 0.3 is 0 Å². The van der Waals surface area contributed by atoms with Gasteiger partial charge in [-0.3, -0.25) is 9.56 Å². The molecule has 3 aromatic rings. The normalized spacial score (nSPS) is 11.6. The fraction of sp³-hybridized carbons (Fsp3) is 0.294. The summed E-state index contributed by atoms with van der Waals surface area (Å²) in [5, 5.41) is 15.9. The molecule has 1 aromatic carbocycles. The van der Waals surface area contributed by atoms with Gasteiger partial charge in [0.1, 0.15) is 6.33 Å². The standard InChI is InChI=1S/C17H21N7S/c1-12-15(25-13(2)22-12)9-19-17(18-3)20-10-16-23-21-11-24(16)14-7-5-4-6-8-14/h4-8,11H,9-10H2,1-3H3,(H2,18,19,20). The lowest BCUT2D eigenvalue weighted by atomic mass is 10.3. The molecule has 0 saturated heterocycles. The van der Waals surface area contributed by atoms with Crippen molar-refractivity contribution in [2.24, 2.45) is 4.99 Å². The maximum absolute atomic E-state index is 4.44. The number of thiazole rings is 1. The average Bonchev–Trinajstić information content (AvgIpc) is 3.22. The van der Waals surface area contributed by atoms with Crippen LogP contribution in [0.15, 0.2) is 41.7 Å². The maximum Gasteiger partial charge on any atom is 0.191 e. The summed E-state index contributed by atoms with van der Waals surface area (Å²) in [5.74, 6) is 1.53. The Kier molecular flexibility index (Phi) is 5.39. The molecule has 0 fully saturated rings. The number of aliphatic imine (C=N–C) groups is 1. The zero-order chi connectivity index (χ0) is 17.6. The first-order valence-electron chi connectivity index (χ1n) is 7.99. The highest BCUT2D eigenvalue weighted by Crippen LogP contribution is 2.16. The van der Waals surface area contributed by atoms with E-state index in [0.717, 1.165) is 22.2 Å². The fourth-order valence-corrected chi connectivity index (χ4v) is 3.35. The number of aromatic nitrogens is 4. The second kappa shape index (κ2) is 7.89. The Bertz CT molecular complexity index is 851. The summed E-state index contributed by atoms with van der Waals surface area (Å²) in [7, 11) is 1.75. The topological polar surface area (TPSA) is 80.0 Å². The molecule has 3 rings (SSSR count). The molecule has 0 radical (unpaired) electrons. The van der Waals surface area contributed by atoms with Crippen molar-refractivity contribution >= 4 is 17.3 Å². The van der Waals surface area contributed by atoms with E-state index < -0.39 is 0 Å². The second-order valence-corrected chi connectivity index (χ2v) is 6.76. The quantitative estimate of drug-likeness (QED) is 0.542. The smallest absolute Gasteiger partial charge is 0.191 e. The molecule has 0 aliphatic heterocycles. The number of hydrogen-bond donors (Lipinski definition) is 2. The molecule has 2 N–H and O–H groups in total. The third-order valence-electron chi connectivity index (χ3n) is 3.71. The van der Waals surface area contributed by atoms with Gasteiger partial charge in [-0.2, -0.15) is 0 Å². The van der Waals surface area contributed by atoms with Crippen LogP contribution in [-0.2, 0) is 13.1 Å². The summed E-state index contributed by atoms with van der Waals surface area (Å²) in [6.07, 6.45) is 1.71. The molecule has 0 saturated carbocycles. The third-order valence-corrected chi connectivity index (χ3v) is 4.78. The zero-order valence-electron chi connectivity index (χ0n) is 14.5. The van der Waals surface area contributed by atoms with Gasteiger partial charge in [-0.15, -0.1) is 21.5 Å². The van der Waals surface area contributed by atoms with Crippen LogP contribution >= 0.6 is 11.3 Å². The molecule has 7 nitrogen and oxygen atoms in total. The number of guanidine groups is 1. The van der Waals surface area contributed by atoms with Crippen molar-refractivity contribution in [3.63, 3.8) is 0 Å². The van der Waals surface area contributed by atoms with Gasteiger partial charge in [0.05, 0.1) is 23.8 Å². The Morgan fingerprint density at radius 2 is 1.92 bits per heavy atom. The van der Waals surface area contributed by atoms with E-state index in [4.69, 9.17) is 0 Å². The van der Waals surface area contributed by atoms with Gasteiger partial charge in [0.25, 0.3) is 0 Å². The Hall–Kier alpha value is -2.74. The van der Waals surface area contributed by atoms with Crippen LogP contribution in [0.1, 0.15) is 21.4 Å². The van der Waals surface area contributed by atoms with Gasteiger partial charge < -0.3 is 10.6 Å². The van der Waals surface area contributed by atoms with Crippen molar-refractivity contribution in [3.8, 4) is 5.69 Å². The lowest BCUT2D eigenvalue weighted by Crippen LogP contribution is -2.36. The summed E-state index contributed by atoms with van der Waals surface area (Å²) >= 11 is 1.70. The minimum absolute atomic E-state index is 0.523. The van der Waals surface area contributed by atoms with Gasteiger partial charge in [-0.05, 0) is 26.0 Å². The minimum atomic E-state index is 0.523. The lowest BCUT2D eigenvalue weighted by Gasteiger charge is -2.12.